The first kappa shape index (κ1) is 16.0. The number of carbonyl (C=O) groups is 2. The van der Waals surface area contributed by atoms with Gasteiger partial charge in [0.25, 0.3) is 6.43 Å². The van der Waals surface area contributed by atoms with E-state index >= 15 is 0 Å². The number of aromatic nitrogens is 3. The molecule has 0 saturated carbocycles. The molecule has 0 aromatic carbocycles. The molecule has 1 N–H and O–H groups in total. The molecule has 9 heteroatoms. The van der Waals surface area contributed by atoms with Crippen LogP contribution in [0.1, 0.15) is 49.4 Å². The first-order valence-corrected chi connectivity index (χ1v) is 6.10. The Labute approximate surface area is 114 Å². The first-order chi connectivity index (χ1) is 9.34. The van der Waals surface area contributed by atoms with Crippen LogP contribution in [0, 0.1) is 0 Å². The zero-order chi connectivity index (χ0) is 15.4. The van der Waals surface area contributed by atoms with Crippen LogP contribution in [0.2, 0.25) is 0 Å². The summed E-state index contributed by atoms with van der Waals surface area (Å²) >= 11 is 0. The molecule has 7 nitrogen and oxygen atoms in total. The fraction of sp³-hybridized carbons (Fsp3) is 0.636. The monoisotopic (exact) mass is 290 g/mol. The Bertz CT molecular complexity index is 500. The number of likely N-dealkylation sites (N-methyl/N-ethyl adjacent to an activating group) is 1. The van der Waals surface area contributed by atoms with Gasteiger partial charge in [0.1, 0.15) is 11.7 Å². The van der Waals surface area contributed by atoms with E-state index < -0.39 is 35.7 Å². The molecular weight excluding hydrogens is 274 g/mol. The Hall–Kier alpha value is -2.06. The highest BCUT2D eigenvalue weighted by Crippen LogP contribution is 2.25. The Morgan fingerprint density at radius 1 is 1.35 bits per heavy atom. The van der Waals surface area contributed by atoms with Crippen molar-refractivity contribution < 1.29 is 23.5 Å². The van der Waals surface area contributed by atoms with Crippen molar-refractivity contribution >= 4 is 11.9 Å². The molecule has 0 spiro atoms. The molecule has 1 rings (SSSR count). The summed E-state index contributed by atoms with van der Waals surface area (Å²) in [7, 11) is 0. The van der Waals surface area contributed by atoms with Gasteiger partial charge in [-0.2, -0.15) is 0 Å². The minimum atomic E-state index is -3.08. The van der Waals surface area contributed by atoms with E-state index in [9.17, 15) is 18.4 Å². The largest absolute Gasteiger partial charge is 0.476 e. The lowest BCUT2D eigenvalue weighted by molar-refractivity contribution is -0.134. The van der Waals surface area contributed by atoms with Crippen LogP contribution in [0.25, 0.3) is 0 Å². The van der Waals surface area contributed by atoms with Crippen LogP contribution in [0.4, 0.5) is 8.78 Å². The minimum Gasteiger partial charge on any atom is -0.476 e. The standard InChI is InChI=1S/C11H16F2N4O3/c1-4-16(5-2)10(18)6(3)17-8(9(12)13)7(11(19)20)14-15-17/h6,9H,4-5H2,1-3H3,(H,19,20). The second-order valence-corrected chi connectivity index (χ2v) is 4.06. The van der Waals surface area contributed by atoms with Crippen molar-refractivity contribution in [1.29, 1.82) is 0 Å². The van der Waals surface area contributed by atoms with Crippen molar-refractivity contribution in [2.75, 3.05) is 13.1 Å². The smallest absolute Gasteiger partial charge is 0.358 e. The van der Waals surface area contributed by atoms with E-state index in [1.807, 2.05) is 0 Å². The lowest BCUT2D eigenvalue weighted by Gasteiger charge is -2.23. The lowest BCUT2D eigenvalue weighted by atomic mass is 10.2. The van der Waals surface area contributed by atoms with E-state index in [0.29, 0.717) is 17.8 Å². The van der Waals surface area contributed by atoms with Crippen LogP contribution in [0.3, 0.4) is 0 Å². The summed E-state index contributed by atoms with van der Waals surface area (Å²) in [5, 5.41) is 15.4. The van der Waals surface area contributed by atoms with E-state index in [1.165, 1.54) is 11.8 Å². The van der Waals surface area contributed by atoms with Gasteiger partial charge in [-0.25, -0.2) is 18.3 Å². The van der Waals surface area contributed by atoms with Crippen LogP contribution in [0.15, 0.2) is 0 Å². The summed E-state index contributed by atoms with van der Waals surface area (Å²) in [6.07, 6.45) is -3.08. The number of aromatic carboxylic acids is 1. The third kappa shape index (κ3) is 2.91. The van der Waals surface area contributed by atoms with Crippen LogP contribution in [0.5, 0.6) is 0 Å². The summed E-state index contributed by atoms with van der Waals surface area (Å²) in [6.45, 7) is 5.74. The molecule has 1 heterocycles. The highest BCUT2D eigenvalue weighted by Gasteiger charge is 2.31. The molecule has 1 aromatic rings. The average molecular weight is 290 g/mol. The van der Waals surface area contributed by atoms with Crippen LogP contribution < -0.4 is 0 Å². The van der Waals surface area contributed by atoms with E-state index in [2.05, 4.69) is 10.3 Å². The zero-order valence-corrected chi connectivity index (χ0v) is 11.4. The normalized spacial score (nSPS) is 12.5. The molecule has 0 saturated heterocycles. The van der Waals surface area contributed by atoms with Gasteiger partial charge in [0.2, 0.25) is 5.91 Å². The molecule has 1 unspecified atom stereocenters. The molecule has 112 valence electrons. The molecule has 0 bridgehead atoms. The topological polar surface area (TPSA) is 88.3 Å². The minimum absolute atomic E-state index is 0.418. The maximum atomic E-state index is 13.0. The third-order valence-corrected chi connectivity index (χ3v) is 2.94. The van der Waals surface area contributed by atoms with Crippen molar-refractivity contribution in [3.63, 3.8) is 0 Å². The second kappa shape index (κ2) is 6.40. The molecule has 0 aliphatic rings. The molecule has 0 radical (unpaired) electrons. The van der Waals surface area contributed by atoms with Crippen molar-refractivity contribution in [2.24, 2.45) is 0 Å². The van der Waals surface area contributed by atoms with Gasteiger partial charge in [-0.15, -0.1) is 5.10 Å². The molecule has 0 aliphatic heterocycles. The van der Waals surface area contributed by atoms with Crippen molar-refractivity contribution in [3.8, 4) is 0 Å². The number of amides is 1. The van der Waals surface area contributed by atoms with Crippen molar-refractivity contribution in [3.05, 3.63) is 11.4 Å². The Morgan fingerprint density at radius 3 is 2.30 bits per heavy atom. The molecule has 20 heavy (non-hydrogen) atoms. The lowest BCUT2D eigenvalue weighted by Crippen LogP contribution is -2.36. The van der Waals surface area contributed by atoms with E-state index in [0.717, 1.165) is 0 Å². The number of carboxylic acid groups (broad SMARTS) is 1. The number of rotatable bonds is 6. The van der Waals surface area contributed by atoms with Crippen LogP contribution in [-0.4, -0.2) is 50.0 Å². The van der Waals surface area contributed by atoms with Crippen LogP contribution in [-0.2, 0) is 4.79 Å². The zero-order valence-electron chi connectivity index (χ0n) is 11.4. The molecule has 1 aromatic heterocycles. The quantitative estimate of drug-likeness (QED) is 0.854. The number of alkyl halides is 2. The Balaban J connectivity index is 3.19. The van der Waals surface area contributed by atoms with Gasteiger partial charge in [0.05, 0.1) is 0 Å². The van der Waals surface area contributed by atoms with Gasteiger partial charge >= 0.3 is 5.97 Å². The second-order valence-electron chi connectivity index (χ2n) is 4.06. The van der Waals surface area contributed by atoms with Gasteiger partial charge in [-0.1, -0.05) is 5.21 Å². The SMILES string of the molecule is CCN(CC)C(=O)C(C)n1nnc(C(=O)O)c1C(F)F. The molecule has 1 amide bonds. The van der Waals surface area contributed by atoms with E-state index in [4.69, 9.17) is 5.11 Å². The van der Waals surface area contributed by atoms with E-state index in [-0.39, 0.29) is 0 Å². The number of carboxylic acids is 1. The molecular formula is C11H16F2N4O3. The maximum absolute atomic E-state index is 13.0. The van der Waals surface area contributed by atoms with Crippen LogP contribution >= 0.6 is 0 Å². The molecule has 1 atom stereocenters. The first-order valence-electron chi connectivity index (χ1n) is 6.10. The van der Waals surface area contributed by atoms with Gasteiger partial charge in [0.15, 0.2) is 5.69 Å². The fourth-order valence-electron chi connectivity index (χ4n) is 1.85. The van der Waals surface area contributed by atoms with Crippen molar-refractivity contribution in [2.45, 2.75) is 33.2 Å². The van der Waals surface area contributed by atoms with Gasteiger partial charge in [-0.05, 0) is 20.8 Å². The summed E-state index contributed by atoms with van der Waals surface area (Å²) in [5.41, 5.74) is -1.69. The predicted molar refractivity (Wildman–Crippen MR) is 64.6 cm³/mol. The number of carbonyl (C=O) groups excluding carboxylic acids is 1. The summed E-state index contributed by atoms with van der Waals surface area (Å²) in [6, 6.07) is -1.04. The Morgan fingerprint density at radius 2 is 1.90 bits per heavy atom. The number of halogens is 2. The molecule has 0 fully saturated rings. The fourth-order valence-corrected chi connectivity index (χ4v) is 1.85. The van der Waals surface area contributed by atoms with E-state index in [1.54, 1.807) is 13.8 Å². The molecule has 0 aliphatic carbocycles. The van der Waals surface area contributed by atoms with Crippen molar-refractivity contribution in [1.82, 2.24) is 19.9 Å². The number of hydrogen-bond acceptors (Lipinski definition) is 4. The summed E-state index contributed by atoms with van der Waals surface area (Å²) in [4.78, 5) is 24.4. The predicted octanol–water partition coefficient (Wildman–Crippen LogP) is 1.34. The number of hydrogen-bond donors (Lipinski definition) is 1. The maximum Gasteiger partial charge on any atom is 0.358 e. The summed E-state index contributed by atoms with van der Waals surface area (Å²) in [5.74, 6) is -2.02. The summed E-state index contributed by atoms with van der Waals surface area (Å²) < 4.78 is 26.6. The number of nitrogens with zero attached hydrogens (tertiary/aromatic N) is 4. The van der Waals surface area contributed by atoms with Gasteiger partial charge in [-0.3, -0.25) is 4.79 Å². The highest BCUT2D eigenvalue weighted by atomic mass is 19.3. The highest BCUT2D eigenvalue weighted by molar-refractivity contribution is 5.87. The average Bonchev–Trinajstić information content (AvgIpc) is 2.83. The van der Waals surface area contributed by atoms with Gasteiger partial charge in [0, 0.05) is 13.1 Å². The third-order valence-electron chi connectivity index (χ3n) is 2.94. The Kier molecular flexibility index (Phi) is 5.12. The van der Waals surface area contributed by atoms with Gasteiger partial charge < -0.3 is 10.0 Å².